The number of piperidine rings is 1. The summed E-state index contributed by atoms with van der Waals surface area (Å²) in [5.41, 5.74) is 2.34. The van der Waals surface area contributed by atoms with Gasteiger partial charge >= 0.3 is 0 Å². The Morgan fingerprint density at radius 3 is 2.52 bits per heavy atom. The topological polar surface area (TPSA) is 73.2 Å². The number of β-amino-alcohol motifs (C(OH)–C–C–N with tert-alkyl or cyclic N) is 1. The number of amides is 1. The van der Waals surface area contributed by atoms with Gasteiger partial charge in [-0.1, -0.05) is 30.3 Å². The van der Waals surface area contributed by atoms with Crippen molar-refractivity contribution >= 4 is 11.6 Å². The van der Waals surface area contributed by atoms with Crippen LogP contribution in [0.25, 0.3) is 0 Å². The van der Waals surface area contributed by atoms with Gasteiger partial charge in [-0.05, 0) is 43.0 Å². The first-order valence-electron chi connectivity index (χ1n) is 11.3. The van der Waals surface area contributed by atoms with Gasteiger partial charge < -0.3 is 24.7 Å². The summed E-state index contributed by atoms with van der Waals surface area (Å²) < 4.78 is 6.36. The number of rotatable bonds is 4. The first kappa shape index (κ1) is 20.5. The third-order valence-electron chi connectivity index (χ3n) is 7.03. The fourth-order valence-electron chi connectivity index (χ4n) is 5.18. The molecule has 3 heterocycles. The predicted molar refractivity (Wildman–Crippen MR) is 118 cm³/mol. The maximum absolute atomic E-state index is 11.9. The lowest BCUT2D eigenvalue weighted by atomic mass is 9.81. The first-order chi connectivity index (χ1) is 15.0. The number of hydrogen-bond acceptors (Lipinski definition) is 5. The summed E-state index contributed by atoms with van der Waals surface area (Å²) in [4.78, 5) is 16.0. The number of likely N-dealkylation sites (tertiary alicyclic amines) is 1. The number of benzene rings is 2. The normalized spacial score (nSPS) is 24.1. The van der Waals surface area contributed by atoms with Crippen LogP contribution in [0.4, 0.5) is 5.69 Å². The van der Waals surface area contributed by atoms with E-state index in [1.807, 2.05) is 53.4 Å². The largest absolute Gasteiger partial charge is 0.487 e. The minimum absolute atomic E-state index is 0.174. The van der Waals surface area contributed by atoms with Gasteiger partial charge in [0.1, 0.15) is 11.4 Å². The van der Waals surface area contributed by atoms with Gasteiger partial charge in [0.05, 0.1) is 12.2 Å². The SMILES string of the molecule is O=C1CCCN1c1ccc([C@@H](O)CN2CCC3(CC2)C[C@@H](O)c2ccccc2O3)cc1. The van der Waals surface area contributed by atoms with Crippen LogP contribution in [-0.2, 0) is 4.79 Å². The molecule has 0 saturated carbocycles. The lowest BCUT2D eigenvalue weighted by Crippen LogP contribution is -2.51. The van der Waals surface area contributed by atoms with Gasteiger partial charge in [0.2, 0.25) is 5.91 Å². The van der Waals surface area contributed by atoms with E-state index >= 15 is 0 Å². The van der Waals surface area contributed by atoms with Crippen LogP contribution in [0.2, 0.25) is 0 Å². The van der Waals surface area contributed by atoms with Crippen molar-refractivity contribution in [3.8, 4) is 5.75 Å². The van der Waals surface area contributed by atoms with Crippen molar-refractivity contribution in [1.82, 2.24) is 4.90 Å². The molecular formula is C25H30N2O4. The molecule has 6 heteroatoms. The number of carbonyl (C=O) groups is 1. The Balaban J connectivity index is 1.18. The number of aliphatic hydroxyl groups is 2. The Kier molecular flexibility index (Phi) is 5.46. The van der Waals surface area contributed by atoms with Gasteiger partial charge in [0, 0.05) is 50.3 Å². The zero-order chi connectivity index (χ0) is 21.4. The molecule has 2 aromatic rings. The smallest absolute Gasteiger partial charge is 0.227 e. The predicted octanol–water partition coefficient (Wildman–Crippen LogP) is 3.20. The Morgan fingerprint density at radius 1 is 1.06 bits per heavy atom. The Bertz CT molecular complexity index is 937. The van der Waals surface area contributed by atoms with E-state index in [1.165, 1.54) is 0 Å². The number of hydrogen-bond donors (Lipinski definition) is 2. The molecular weight excluding hydrogens is 392 g/mol. The second-order valence-electron chi connectivity index (χ2n) is 9.10. The number of nitrogens with zero attached hydrogens (tertiary/aromatic N) is 2. The minimum atomic E-state index is -0.573. The number of carbonyl (C=O) groups excluding carboxylic acids is 1. The van der Waals surface area contributed by atoms with E-state index in [-0.39, 0.29) is 11.5 Å². The van der Waals surface area contributed by atoms with Gasteiger partial charge in [0.15, 0.2) is 0 Å². The van der Waals surface area contributed by atoms with Gasteiger partial charge in [-0.15, -0.1) is 0 Å². The quantitative estimate of drug-likeness (QED) is 0.792. The van der Waals surface area contributed by atoms with Gasteiger partial charge in [-0.3, -0.25) is 4.79 Å². The van der Waals surface area contributed by atoms with Crippen LogP contribution >= 0.6 is 0 Å². The van der Waals surface area contributed by atoms with Crippen LogP contribution in [0, 0.1) is 0 Å². The van der Waals surface area contributed by atoms with Gasteiger partial charge in [0.25, 0.3) is 0 Å². The molecule has 0 bridgehead atoms. The van der Waals surface area contributed by atoms with Gasteiger partial charge in [-0.2, -0.15) is 0 Å². The molecule has 0 unspecified atom stereocenters. The number of anilines is 1. The Labute approximate surface area is 183 Å². The number of ether oxygens (including phenoxy) is 1. The zero-order valence-corrected chi connectivity index (χ0v) is 17.7. The molecule has 2 fully saturated rings. The number of para-hydroxylation sites is 1. The molecule has 1 spiro atoms. The van der Waals surface area contributed by atoms with Crippen molar-refractivity contribution in [3.63, 3.8) is 0 Å². The highest BCUT2D eigenvalue weighted by molar-refractivity contribution is 5.95. The van der Waals surface area contributed by atoms with Crippen LogP contribution < -0.4 is 9.64 Å². The third-order valence-corrected chi connectivity index (χ3v) is 7.03. The molecule has 31 heavy (non-hydrogen) atoms. The highest BCUT2D eigenvalue weighted by atomic mass is 16.5. The Hall–Kier alpha value is -2.41. The summed E-state index contributed by atoms with van der Waals surface area (Å²) in [7, 11) is 0. The minimum Gasteiger partial charge on any atom is -0.487 e. The van der Waals surface area contributed by atoms with Crippen LogP contribution in [0.1, 0.15) is 55.4 Å². The van der Waals surface area contributed by atoms with Crippen molar-refractivity contribution in [2.75, 3.05) is 31.1 Å². The number of fused-ring (bicyclic) bond motifs is 1. The lowest BCUT2D eigenvalue weighted by molar-refractivity contribution is -0.117. The van der Waals surface area contributed by atoms with Crippen molar-refractivity contribution in [2.45, 2.75) is 49.9 Å². The van der Waals surface area contributed by atoms with Crippen molar-refractivity contribution in [1.29, 1.82) is 0 Å². The van der Waals surface area contributed by atoms with Crippen LogP contribution in [-0.4, -0.2) is 52.8 Å². The Morgan fingerprint density at radius 2 is 1.81 bits per heavy atom. The third kappa shape index (κ3) is 4.07. The van der Waals surface area contributed by atoms with E-state index in [9.17, 15) is 15.0 Å². The maximum Gasteiger partial charge on any atom is 0.227 e. The lowest BCUT2D eigenvalue weighted by Gasteiger charge is -2.46. The molecule has 3 aliphatic heterocycles. The average molecular weight is 423 g/mol. The monoisotopic (exact) mass is 422 g/mol. The van der Waals surface area contributed by atoms with E-state index in [4.69, 9.17) is 4.74 Å². The molecule has 2 aromatic carbocycles. The van der Waals surface area contributed by atoms with Gasteiger partial charge in [-0.25, -0.2) is 0 Å². The average Bonchev–Trinajstić information content (AvgIpc) is 3.21. The maximum atomic E-state index is 11.9. The fourth-order valence-corrected chi connectivity index (χ4v) is 5.18. The molecule has 0 aromatic heterocycles. The molecule has 0 aliphatic carbocycles. The molecule has 6 nitrogen and oxygen atoms in total. The summed E-state index contributed by atoms with van der Waals surface area (Å²) in [6, 6.07) is 15.5. The second-order valence-corrected chi connectivity index (χ2v) is 9.10. The second kappa shape index (κ2) is 8.26. The molecule has 164 valence electrons. The number of aliphatic hydroxyl groups excluding tert-OH is 2. The summed E-state index contributed by atoms with van der Waals surface area (Å²) in [6.45, 7) is 2.99. The molecule has 3 aliphatic rings. The summed E-state index contributed by atoms with van der Waals surface area (Å²) >= 11 is 0. The van der Waals surface area contributed by atoms with Crippen LogP contribution in [0.3, 0.4) is 0 Å². The first-order valence-corrected chi connectivity index (χ1v) is 11.3. The van der Waals surface area contributed by atoms with Crippen molar-refractivity contribution in [3.05, 3.63) is 59.7 Å². The molecule has 2 saturated heterocycles. The molecule has 0 radical (unpaired) electrons. The standard InChI is InChI=1S/C25H30N2O4/c28-21-16-25(31-23-5-2-1-4-20(21)23)11-14-26(15-12-25)17-22(29)18-7-9-19(10-8-18)27-13-3-6-24(27)30/h1-2,4-5,7-10,21-22,28-29H,3,6,11-17H2/t21-,22+/m1/s1. The summed E-state index contributed by atoms with van der Waals surface area (Å²) in [6.07, 6.45) is 2.76. The van der Waals surface area contributed by atoms with Crippen LogP contribution in [0.5, 0.6) is 5.75 Å². The molecule has 5 rings (SSSR count). The van der Waals surface area contributed by atoms with Crippen LogP contribution in [0.15, 0.2) is 48.5 Å². The molecule has 1 amide bonds. The zero-order valence-electron chi connectivity index (χ0n) is 17.7. The van der Waals surface area contributed by atoms with Crippen molar-refractivity contribution in [2.24, 2.45) is 0 Å². The van der Waals surface area contributed by atoms with E-state index in [0.29, 0.717) is 19.4 Å². The summed E-state index contributed by atoms with van der Waals surface area (Å²) in [5.74, 6) is 0.972. The van der Waals surface area contributed by atoms with Crippen molar-refractivity contribution < 1.29 is 19.7 Å². The summed E-state index contributed by atoms with van der Waals surface area (Å²) in [5, 5.41) is 21.4. The fraction of sp³-hybridized carbons (Fsp3) is 0.480. The highest BCUT2D eigenvalue weighted by Gasteiger charge is 2.42. The molecule has 2 atom stereocenters. The van der Waals surface area contributed by atoms with E-state index in [1.54, 1.807) is 0 Å². The molecule has 2 N–H and O–H groups in total. The van der Waals surface area contributed by atoms with E-state index < -0.39 is 12.2 Å². The van der Waals surface area contributed by atoms with E-state index in [2.05, 4.69) is 4.90 Å². The van der Waals surface area contributed by atoms with E-state index in [0.717, 1.165) is 61.5 Å². The highest BCUT2D eigenvalue weighted by Crippen LogP contribution is 2.44.